The van der Waals surface area contributed by atoms with E-state index < -0.39 is 0 Å². The van der Waals surface area contributed by atoms with Gasteiger partial charge in [-0.15, -0.1) is 9.24 Å². The molecule has 1 radical (unpaired) electrons. The van der Waals surface area contributed by atoms with E-state index in [4.69, 9.17) is 5.26 Å². The predicted octanol–water partition coefficient (Wildman–Crippen LogP) is -1.21. The van der Waals surface area contributed by atoms with Crippen LogP contribution in [0.2, 0.25) is 0 Å². The predicted molar refractivity (Wildman–Crippen MR) is 62.9 cm³/mol. The van der Waals surface area contributed by atoms with Gasteiger partial charge in [-0.1, -0.05) is 14.6 Å². The molecule has 1 aromatic rings. The molecule has 2 atom stereocenters. The first-order valence-electron chi connectivity index (χ1n) is 4.01. The molecule has 1 heterocycles. The van der Waals surface area contributed by atoms with Crippen LogP contribution in [-0.2, 0) is 17.1 Å². The molecule has 0 saturated carbocycles. The molecular weight excluding hydrogens is 389 g/mol. The molecule has 15 heavy (non-hydrogen) atoms. The zero-order valence-electron chi connectivity index (χ0n) is 8.37. The molecule has 0 aliphatic carbocycles. The third kappa shape index (κ3) is 14.7. The van der Waals surface area contributed by atoms with Crippen LogP contribution in [0.4, 0.5) is 0 Å². The third-order valence-corrected chi connectivity index (χ3v) is 3.18. The number of rotatable bonds is 3. The average molecular weight is 403 g/mol. The standard InChI is InChI=1S/C7H11NP2.C2H3N.Cu.HI/c9-5-6-10-7-3-1-2-4-8-7;1-2-3;;/h1-4,10H,5-6,9H2;1H3;;1H/q;;+2;/p-1. The largest absolute Gasteiger partial charge is 2.00 e. The SMILES string of the molecule is CC#N.PCCPc1ccccn1.[Cu+2].[I-]. The summed E-state index contributed by atoms with van der Waals surface area (Å²) in [4.78, 5) is 4.22. The zero-order chi connectivity index (χ0) is 9.94. The quantitative estimate of drug-likeness (QED) is 0.362. The van der Waals surface area contributed by atoms with Crippen molar-refractivity contribution in [1.82, 2.24) is 4.98 Å². The molecule has 0 aliphatic rings. The Morgan fingerprint density at radius 2 is 2.13 bits per heavy atom. The first kappa shape index (κ1) is 21.1. The first-order valence-corrected chi connectivity index (χ1v) is 6.03. The molecule has 2 unspecified atom stereocenters. The molecule has 0 amide bonds. The molecule has 0 aliphatic heterocycles. The van der Waals surface area contributed by atoms with Crippen molar-refractivity contribution in [3.63, 3.8) is 0 Å². The van der Waals surface area contributed by atoms with E-state index in [1.165, 1.54) is 24.7 Å². The molecule has 1 rings (SSSR count). The summed E-state index contributed by atoms with van der Waals surface area (Å²) >= 11 is 0. The van der Waals surface area contributed by atoms with Gasteiger partial charge >= 0.3 is 17.1 Å². The summed E-state index contributed by atoms with van der Waals surface area (Å²) in [6, 6.07) is 7.82. The topological polar surface area (TPSA) is 36.7 Å². The molecule has 0 saturated heterocycles. The molecule has 87 valence electrons. The Balaban J connectivity index is -0.000000260. The number of nitriles is 1. The van der Waals surface area contributed by atoms with Crippen molar-refractivity contribution in [1.29, 1.82) is 5.26 Å². The van der Waals surface area contributed by atoms with Crippen LogP contribution in [0.15, 0.2) is 24.4 Å². The number of halogens is 1. The van der Waals surface area contributed by atoms with Crippen molar-refractivity contribution in [3.05, 3.63) is 24.4 Å². The minimum atomic E-state index is 0. The van der Waals surface area contributed by atoms with Crippen LogP contribution >= 0.6 is 17.8 Å². The Morgan fingerprint density at radius 3 is 2.53 bits per heavy atom. The first-order chi connectivity index (χ1) is 6.35. The van der Waals surface area contributed by atoms with E-state index in [0.29, 0.717) is 0 Å². The van der Waals surface area contributed by atoms with Crippen LogP contribution in [0.25, 0.3) is 0 Å². The minimum Gasteiger partial charge on any atom is -1.00 e. The van der Waals surface area contributed by atoms with Gasteiger partial charge in [-0.25, -0.2) is 0 Å². The monoisotopic (exact) mass is 402 g/mol. The third-order valence-electron chi connectivity index (χ3n) is 1.12. The van der Waals surface area contributed by atoms with Crippen LogP contribution < -0.4 is 29.4 Å². The van der Waals surface area contributed by atoms with Crippen molar-refractivity contribution < 1.29 is 41.0 Å². The molecule has 6 heteroatoms. The zero-order valence-corrected chi connectivity index (χ0v) is 13.6. The van der Waals surface area contributed by atoms with E-state index in [9.17, 15) is 0 Å². The normalized spacial score (nSPS) is 7.80. The molecule has 2 nitrogen and oxygen atoms in total. The maximum absolute atomic E-state index is 7.32. The maximum atomic E-state index is 7.32. The van der Waals surface area contributed by atoms with Gasteiger partial charge in [0.1, 0.15) is 0 Å². The van der Waals surface area contributed by atoms with E-state index in [0.717, 1.165) is 8.58 Å². The Bertz CT molecular complexity index is 254. The Hall–Kier alpha value is 0.749. The summed E-state index contributed by atoms with van der Waals surface area (Å²) in [5.74, 6) is 0. The van der Waals surface area contributed by atoms with Crippen molar-refractivity contribution in [3.8, 4) is 6.07 Å². The van der Waals surface area contributed by atoms with E-state index in [1.807, 2.05) is 18.3 Å². The minimum absolute atomic E-state index is 0. The molecule has 0 spiro atoms. The molecule has 0 N–H and O–H groups in total. The number of hydrogen-bond acceptors (Lipinski definition) is 2. The number of aromatic nitrogens is 1. The van der Waals surface area contributed by atoms with Gasteiger partial charge in [0.2, 0.25) is 0 Å². The van der Waals surface area contributed by atoms with Crippen LogP contribution in [0.3, 0.4) is 0 Å². The molecule has 0 aromatic carbocycles. The van der Waals surface area contributed by atoms with E-state index >= 15 is 0 Å². The number of nitrogens with zero attached hydrogens (tertiary/aromatic N) is 2. The second-order valence-corrected chi connectivity index (χ2v) is 4.10. The average Bonchev–Trinajstić information content (AvgIpc) is 2.18. The molecule has 1 aromatic heterocycles. The van der Waals surface area contributed by atoms with Crippen LogP contribution in [0.5, 0.6) is 0 Å². The van der Waals surface area contributed by atoms with Crippen LogP contribution in [-0.4, -0.2) is 17.3 Å². The summed E-state index contributed by atoms with van der Waals surface area (Å²) in [5.41, 5.74) is 1.23. The van der Waals surface area contributed by atoms with E-state index in [-0.39, 0.29) is 41.0 Å². The summed E-state index contributed by atoms with van der Waals surface area (Å²) in [6.07, 6.45) is 4.27. The molecule has 0 bridgehead atoms. The summed E-state index contributed by atoms with van der Waals surface area (Å²) < 4.78 is 0. The number of pyridine rings is 1. The van der Waals surface area contributed by atoms with Crippen molar-refractivity contribution >= 4 is 23.3 Å². The van der Waals surface area contributed by atoms with Crippen LogP contribution in [0.1, 0.15) is 6.92 Å². The van der Waals surface area contributed by atoms with Crippen molar-refractivity contribution in [2.75, 3.05) is 12.3 Å². The Morgan fingerprint density at radius 1 is 1.53 bits per heavy atom. The fourth-order valence-corrected chi connectivity index (χ4v) is 1.88. The van der Waals surface area contributed by atoms with Gasteiger partial charge in [0.25, 0.3) is 0 Å². The van der Waals surface area contributed by atoms with Crippen molar-refractivity contribution in [2.24, 2.45) is 0 Å². The van der Waals surface area contributed by atoms with E-state index in [1.54, 1.807) is 6.07 Å². The van der Waals surface area contributed by atoms with Gasteiger partial charge in [-0.3, -0.25) is 4.98 Å². The van der Waals surface area contributed by atoms with Gasteiger partial charge < -0.3 is 24.0 Å². The second-order valence-electron chi connectivity index (χ2n) is 2.15. The maximum Gasteiger partial charge on any atom is 2.00 e. The summed E-state index contributed by atoms with van der Waals surface area (Å²) in [5, 5.41) is 7.32. The second kappa shape index (κ2) is 17.2. The smallest absolute Gasteiger partial charge is 1.00 e. The van der Waals surface area contributed by atoms with Gasteiger partial charge in [0.15, 0.2) is 0 Å². The number of hydrogen-bond donors (Lipinski definition) is 0. The fraction of sp³-hybridized carbons (Fsp3) is 0.333. The van der Waals surface area contributed by atoms with Crippen LogP contribution in [0, 0.1) is 11.3 Å². The Labute approximate surface area is 123 Å². The van der Waals surface area contributed by atoms with Gasteiger partial charge in [0, 0.05) is 13.1 Å². The molecule has 0 fully saturated rings. The van der Waals surface area contributed by atoms with Gasteiger partial charge in [-0.05, 0) is 24.5 Å². The van der Waals surface area contributed by atoms with Gasteiger partial charge in [0.05, 0.1) is 11.5 Å². The molecular formula is C9H14CuIN2P2+. The van der Waals surface area contributed by atoms with Gasteiger partial charge in [-0.2, -0.15) is 5.26 Å². The fourth-order valence-electron chi connectivity index (χ4n) is 0.668. The summed E-state index contributed by atoms with van der Waals surface area (Å²) in [7, 11) is 3.60. The summed E-state index contributed by atoms with van der Waals surface area (Å²) in [6.45, 7) is 1.43. The van der Waals surface area contributed by atoms with Crippen molar-refractivity contribution in [2.45, 2.75) is 6.92 Å². The van der Waals surface area contributed by atoms with E-state index in [2.05, 4.69) is 20.3 Å². The Kier molecular flexibility index (Phi) is 24.1.